The first-order chi connectivity index (χ1) is 10.5. The van der Waals surface area contributed by atoms with Crippen molar-refractivity contribution in [3.8, 4) is 0 Å². The van der Waals surface area contributed by atoms with E-state index in [1.54, 1.807) is 6.92 Å². The quantitative estimate of drug-likeness (QED) is 0.671. The number of aromatic nitrogens is 1. The van der Waals surface area contributed by atoms with Crippen molar-refractivity contribution >= 4 is 5.91 Å². The standard InChI is InChI=1S/C16H29N3O3/c1-6-19(7-2)9-11-21-10-8-17-16(20)14-13(5)18-22-15(14)12(3)4/h12H,6-11H2,1-5H3,(H,17,20). The molecule has 0 aliphatic rings. The van der Waals surface area contributed by atoms with E-state index < -0.39 is 0 Å². The van der Waals surface area contributed by atoms with Crippen molar-refractivity contribution in [3.05, 3.63) is 17.0 Å². The van der Waals surface area contributed by atoms with Crippen LogP contribution >= 0.6 is 0 Å². The van der Waals surface area contributed by atoms with Gasteiger partial charge >= 0.3 is 0 Å². The maximum atomic E-state index is 12.2. The van der Waals surface area contributed by atoms with Crippen LogP contribution in [0.15, 0.2) is 4.52 Å². The van der Waals surface area contributed by atoms with Gasteiger partial charge in [-0.3, -0.25) is 4.79 Å². The minimum Gasteiger partial charge on any atom is -0.378 e. The van der Waals surface area contributed by atoms with Crippen LogP contribution in [0.25, 0.3) is 0 Å². The second-order valence-electron chi connectivity index (χ2n) is 5.56. The molecule has 6 nitrogen and oxygen atoms in total. The molecule has 0 radical (unpaired) electrons. The van der Waals surface area contributed by atoms with Gasteiger partial charge in [-0.25, -0.2) is 0 Å². The lowest BCUT2D eigenvalue weighted by Gasteiger charge is -2.17. The van der Waals surface area contributed by atoms with E-state index >= 15 is 0 Å². The Kier molecular flexibility index (Phi) is 8.12. The van der Waals surface area contributed by atoms with Crippen molar-refractivity contribution in [2.24, 2.45) is 0 Å². The van der Waals surface area contributed by atoms with Gasteiger partial charge in [0.15, 0.2) is 5.76 Å². The zero-order valence-electron chi connectivity index (χ0n) is 14.4. The minimum atomic E-state index is -0.144. The van der Waals surface area contributed by atoms with Crippen LogP contribution in [0, 0.1) is 6.92 Å². The number of rotatable bonds is 10. The maximum absolute atomic E-state index is 12.2. The minimum absolute atomic E-state index is 0.132. The van der Waals surface area contributed by atoms with E-state index in [9.17, 15) is 4.79 Å². The van der Waals surface area contributed by atoms with Crippen molar-refractivity contribution in [2.45, 2.75) is 40.5 Å². The SMILES string of the molecule is CCN(CC)CCOCCNC(=O)c1c(C)noc1C(C)C. The van der Waals surface area contributed by atoms with Gasteiger partial charge in [0.1, 0.15) is 5.56 Å². The second-order valence-corrected chi connectivity index (χ2v) is 5.56. The van der Waals surface area contributed by atoms with E-state index in [0.717, 1.165) is 19.6 Å². The molecular formula is C16H29N3O3. The van der Waals surface area contributed by atoms with E-state index in [1.807, 2.05) is 13.8 Å². The largest absolute Gasteiger partial charge is 0.378 e. The topological polar surface area (TPSA) is 67.6 Å². The van der Waals surface area contributed by atoms with E-state index in [4.69, 9.17) is 9.26 Å². The Morgan fingerprint density at radius 3 is 2.59 bits per heavy atom. The number of amides is 1. The van der Waals surface area contributed by atoms with E-state index in [-0.39, 0.29) is 11.8 Å². The number of ether oxygens (including phenoxy) is 1. The van der Waals surface area contributed by atoms with Crippen molar-refractivity contribution in [2.75, 3.05) is 39.4 Å². The molecule has 0 unspecified atom stereocenters. The van der Waals surface area contributed by atoms with E-state index in [2.05, 4.69) is 29.2 Å². The van der Waals surface area contributed by atoms with Crippen molar-refractivity contribution in [3.63, 3.8) is 0 Å². The molecule has 1 amide bonds. The average Bonchev–Trinajstić information content (AvgIpc) is 2.88. The van der Waals surface area contributed by atoms with Crippen molar-refractivity contribution in [1.82, 2.24) is 15.4 Å². The molecule has 0 aliphatic carbocycles. The van der Waals surface area contributed by atoms with Gasteiger partial charge < -0.3 is 19.5 Å². The highest BCUT2D eigenvalue weighted by atomic mass is 16.5. The predicted octanol–water partition coefficient (Wildman–Crippen LogP) is 2.19. The Balaban J connectivity index is 2.31. The summed E-state index contributed by atoms with van der Waals surface area (Å²) in [5.41, 5.74) is 1.18. The third-order valence-corrected chi connectivity index (χ3v) is 3.62. The normalized spacial score (nSPS) is 11.4. The van der Waals surface area contributed by atoms with Crippen LogP contribution < -0.4 is 5.32 Å². The maximum Gasteiger partial charge on any atom is 0.256 e. The van der Waals surface area contributed by atoms with Gasteiger partial charge in [-0.05, 0) is 20.0 Å². The summed E-state index contributed by atoms with van der Waals surface area (Å²) < 4.78 is 10.8. The molecule has 0 atom stereocenters. The number of carbonyl (C=O) groups excluding carboxylic acids is 1. The molecule has 0 bridgehead atoms. The summed E-state index contributed by atoms with van der Waals surface area (Å²) in [5, 5.41) is 6.74. The third-order valence-electron chi connectivity index (χ3n) is 3.62. The van der Waals surface area contributed by atoms with Gasteiger partial charge in [0.05, 0.1) is 18.9 Å². The summed E-state index contributed by atoms with van der Waals surface area (Å²) in [6.45, 7) is 14.7. The number of likely N-dealkylation sites (N-methyl/N-ethyl adjacent to an activating group) is 1. The molecule has 126 valence electrons. The number of hydrogen-bond acceptors (Lipinski definition) is 5. The van der Waals surface area contributed by atoms with Crippen molar-refractivity contribution < 1.29 is 14.1 Å². The molecule has 0 aromatic carbocycles. The summed E-state index contributed by atoms with van der Waals surface area (Å²) in [6, 6.07) is 0. The Hall–Kier alpha value is -1.40. The lowest BCUT2D eigenvalue weighted by Crippen LogP contribution is -2.30. The highest BCUT2D eigenvalue weighted by Gasteiger charge is 2.22. The molecule has 0 saturated heterocycles. The number of hydrogen-bond donors (Lipinski definition) is 1. The van der Waals surface area contributed by atoms with E-state index in [1.165, 1.54) is 0 Å². The molecular weight excluding hydrogens is 282 g/mol. The lowest BCUT2D eigenvalue weighted by molar-refractivity contribution is 0.0882. The van der Waals surface area contributed by atoms with Crippen LogP contribution in [-0.4, -0.2) is 55.4 Å². The summed E-state index contributed by atoms with van der Waals surface area (Å²) in [4.78, 5) is 14.5. The van der Waals surface area contributed by atoms with Gasteiger partial charge in [0.2, 0.25) is 0 Å². The molecule has 1 aromatic heterocycles. The van der Waals surface area contributed by atoms with Crippen LogP contribution in [0.5, 0.6) is 0 Å². The lowest BCUT2D eigenvalue weighted by atomic mass is 10.0. The molecule has 0 fully saturated rings. The summed E-state index contributed by atoms with van der Waals surface area (Å²) in [6.07, 6.45) is 0. The smallest absolute Gasteiger partial charge is 0.256 e. The second kappa shape index (κ2) is 9.58. The van der Waals surface area contributed by atoms with Gasteiger partial charge in [0, 0.05) is 19.0 Å². The fourth-order valence-electron chi connectivity index (χ4n) is 2.22. The molecule has 0 aliphatic heterocycles. The van der Waals surface area contributed by atoms with Crippen LogP contribution in [0.3, 0.4) is 0 Å². The Morgan fingerprint density at radius 2 is 2.00 bits per heavy atom. The monoisotopic (exact) mass is 311 g/mol. The fraction of sp³-hybridized carbons (Fsp3) is 0.750. The van der Waals surface area contributed by atoms with E-state index in [0.29, 0.717) is 36.8 Å². The average molecular weight is 311 g/mol. The van der Waals surface area contributed by atoms with Crippen molar-refractivity contribution in [1.29, 1.82) is 0 Å². The highest BCUT2D eigenvalue weighted by molar-refractivity contribution is 5.96. The molecule has 0 saturated carbocycles. The summed E-state index contributed by atoms with van der Waals surface area (Å²) in [7, 11) is 0. The molecule has 1 aromatic rings. The number of carbonyl (C=O) groups is 1. The molecule has 1 heterocycles. The van der Waals surface area contributed by atoms with Crippen LogP contribution in [0.4, 0.5) is 0 Å². The van der Waals surface area contributed by atoms with Gasteiger partial charge in [0.25, 0.3) is 5.91 Å². The number of aryl methyl sites for hydroxylation is 1. The molecule has 1 N–H and O–H groups in total. The molecule has 0 spiro atoms. The third kappa shape index (κ3) is 5.42. The Labute approximate surface area is 133 Å². The molecule has 6 heteroatoms. The first kappa shape index (κ1) is 18.6. The zero-order chi connectivity index (χ0) is 16.5. The summed E-state index contributed by atoms with van der Waals surface area (Å²) >= 11 is 0. The Morgan fingerprint density at radius 1 is 1.32 bits per heavy atom. The predicted molar refractivity (Wildman–Crippen MR) is 86.3 cm³/mol. The zero-order valence-corrected chi connectivity index (χ0v) is 14.4. The molecule has 22 heavy (non-hydrogen) atoms. The highest BCUT2D eigenvalue weighted by Crippen LogP contribution is 2.21. The fourth-order valence-corrected chi connectivity index (χ4v) is 2.22. The summed E-state index contributed by atoms with van der Waals surface area (Å²) in [5.74, 6) is 0.625. The van der Waals surface area contributed by atoms with Crippen LogP contribution in [0.2, 0.25) is 0 Å². The first-order valence-electron chi connectivity index (χ1n) is 8.05. The number of nitrogens with zero attached hydrogens (tertiary/aromatic N) is 2. The van der Waals surface area contributed by atoms with Crippen LogP contribution in [0.1, 0.15) is 55.4 Å². The Bertz CT molecular complexity index is 453. The van der Waals surface area contributed by atoms with Gasteiger partial charge in [-0.1, -0.05) is 32.9 Å². The molecule has 1 rings (SSSR count). The first-order valence-corrected chi connectivity index (χ1v) is 8.05. The van der Waals surface area contributed by atoms with Gasteiger partial charge in [-0.2, -0.15) is 0 Å². The number of nitrogens with one attached hydrogen (secondary N) is 1. The van der Waals surface area contributed by atoms with Crippen LogP contribution in [-0.2, 0) is 4.74 Å². The van der Waals surface area contributed by atoms with Gasteiger partial charge in [-0.15, -0.1) is 0 Å².